The van der Waals surface area contributed by atoms with Gasteiger partial charge in [-0.15, -0.1) is 0 Å². The molecule has 0 saturated heterocycles. The highest BCUT2D eigenvalue weighted by Gasteiger charge is 2.16. The van der Waals surface area contributed by atoms with Crippen LogP contribution < -0.4 is 21.2 Å². The van der Waals surface area contributed by atoms with E-state index in [1.165, 1.54) is 18.8 Å². The fraction of sp³-hybridized carbons (Fsp3) is 0.400. The van der Waals surface area contributed by atoms with Crippen LogP contribution >= 0.6 is 0 Å². The minimum atomic E-state index is -0.594. The number of hydrogen-bond acceptors (Lipinski definition) is 4. The number of aryl methyl sites for hydroxylation is 1. The first-order chi connectivity index (χ1) is 5.57. The number of aliphatic imine (C=N–C) groups is 1. The minimum Gasteiger partial charge on any atom is -0.856 e. The molecular weight excluding hydrogens is 162 g/mol. The van der Waals surface area contributed by atoms with Gasteiger partial charge in [-0.3, -0.25) is 4.99 Å². The Hall–Kier alpha value is -1.79. The van der Waals surface area contributed by atoms with Crippen molar-refractivity contribution in [3.63, 3.8) is 0 Å². The van der Waals surface area contributed by atoms with E-state index in [0.29, 0.717) is 0 Å². The summed E-state index contributed by atoms with van der Waals surface area (Å²) < 4.78 is 1.22. The lowest BCUT2D eigenvalue weighted by Crippen LogP contribution is -2.43. The van der Waals surface area contributed by atoms with Crippen molar-refractivity contribution in [1.82, 2.24) is 10.0 Å². The van der Waals surface area contributed by atoms with Crippen LogP contribution in [0.2, 0.25) is 0 Å². The molecule has 0 aliphatic heterocycles. The highest BCUT2D eigenvalue weighted by molar-refractivity contribution is 5.86. The van der Waals surface area contributed by atoms with Crippen molar-refractivity contribution >= 4 is 5.90 Å². The average Bonchev–Trinajstić information content (AvgIpc) is 2.26. The van der Waals surface area contributed by atoms with Crippen LogP contribution in [0.5, 0.6) is 0 Å². The van der Waals surface area contributed by atoms with Crippen molar-refractivity contribution in [3.05, 3.63) is 16.0 Å². The summed E-state index contributed by atoms with van der Waals surface area (Å²) in [5.41, 5.74) is -0.673. The Morgan fingerprint density at radius 3 is 2.75 bits per heavy atom. The van der Waals surface area contributed by atoms with Crippen LogP contribution in [0.15, 0.2) is 9.79 Å². The Kier molecular flexibility index (Phi) is 1.86. The Labute approximate surface area is 67.7 Å². The highest BCUT2D eigenvalue weighted by atomic mass is 16.3. The zero-order chi connectivity index (χ0) is 9.30. The smallest absolute Gasteiger partial charge is 0.424 e. The molecule has 0 fully saturated rings. The van der Waals surface area contributed by atoms with E-state index in [4.69, 9.17) is 5.84 Å². The van der Waals surface area contributed by atoms with E-state index in [-0.39, 0.29) is 5.69 Å². The first-order valence-electron chi connectivity index (χ1n) is 3.18. The maximum Gasteiger partial charge on any atom is 0.424 e. The zero-order valence-electron chi connectivity index (χ0n) is 6.74. The van der Waals surface area contributed by atoms with Crippen LogP contribution in [-0.4, -0.2) is 22.9 Å². The van der Waals surface area contributed by atoms with Gasteiger partial charge in [0.1, 0.15) is 7.05 Å². The fourth-order valence-electron chi connectivity index (χ4n) is 0.855. The lowest BCUT2D eigenvalue weighted by Gasteiger charge is -2.01. The minimum absolute atomic E-state index is 0.0833. The normalized spacial score (nSPS) is 12.0. The molecule has 1 aromatic rings. The number of rotatable bonds is 1. The van der Waals surface area contributed by atoms with Crippen molar-refractivity contribution in [1.29, 1.82) is 0 Å². The Morgan fingerprint density at radius 2 is 2.42 bits per heavy atom. The summed E-state index contributed by atoms with van der Waals surface area (Å²) in [6, 6.07) is 0. The van der Waals surface area contributed by atoms with Gasteiger partial charge in [0, 0.05) is 12.9 Å². The van der Waals surface area contributed by atoms with E-state index in [0.717, 1.165) is 4.79 Å². The monoisotopic (exact) mass is 171 g/mol. The second-order valence-corrected chi connectivity index (χ2v) is 2.21. The molecule has 0 aliphatic carbocycles. The van der Waals surface area contributed by atoms with Gasteiger partial charge in [0.25, 0.3) is 0 Å². The Balaban J connectivity index is 3.43. The molecule has 7 heteroatoms. The molecule has 0 unspecified atom stereocenters. The van der Waals surface area contributed by atoms with Gasteiger partial charge < -0.3 is 5.11 Å². The van der Waals surface area contributed by atoms with Gasteiger partial charge in [-0.1, -0.05) is 5.21 Å². The number of aromatic amines is 1. The van der Waals surface area contributed by atoms with Gasteiger partial charge in [-0.25, -0.2) is 10.6 Å². The van der Waals surface area contributed by atoms with Crippen LogP contribution in [-0.2, 0) is 7.05 Å². The predicted octanol–water partition coefficient (Wildman–Crippen LogP) is -3.55. The molecule has 0 aliphatic rings. The summed E-state index contributed by atoms with van der Waals surface area (Å²) in [5, 5.41) is 13.4. The molecule has 1 aromatic heterocycles. The maximum atomic E-state index is 11.1. The number of nitrogens with one attached hydrogen (secondary N) is 1. The number of nitrogen functional groups attached to an aromatic ring is 1. The van der Waals surface area contributed by atoms with Gasteiger partial charge in [-0.05, 0) is 4.79 Å². The molecule has 0 atom stereocenters. The third-order valence-corrected chi connectivity index (χ3v) is 1.42. The summed E-state index contributed by atoms with van der Waals surface area (Å²) >= 11 is 0. The molecule has 0 saturated carbocycles. The SMILES string of the molecule is CN=C([O-])c1c(=O)n(N)[nH][n+]1C. The summed E-state index contributed by atoms with van der Waals surface area (Å²) in [5.74, 6) is 4.57. The summed E-state index contributed by atoms with van der Waals surface area (Å²) in [6.07, 6.45) is 0. The van der Waals surface area contributed by atoms with Gasteiger partial charge in [0.15, 0.2) is 0 Å². The van der Waals surface area contributed by atoms with Crippen LogP contribution in [0, 0.1) is 0 Å². The van der Waals surface area contributed by atoms with Gasteiger partial charge in [0.05, 0.1) is 0 Å². The molecule has 3 N–H and O–H groups in total. The van der Waals surface area contributed by atoms with Crippen molar-refractivity contribution in [2.24, 2.45) is 12.0 Å². The maximum absolute atomic E-state index is 11.1. The fourth-order valence-corrected chi connectivity index (χ4v) is 0.855. The van der Waals surface area contributed by atoms with Crippen LogP contribution in [0.25, 0.3) is 0 Å². The average molecular weight is 171 g/mol. The van der Waals surface area contributed by atoms with Gasteiger partial charge >= 0.3 is 5.56 Å². The van der Waals surface area contributed by atoms with Gasteiger partial charge in [0.2, 0.25) is 5.69 Å². The summed E-state index contributed by atoms with van der Waals surface area (Å²) in [7, 11) is 2.82. The highest BCUT2D eigenvalue weighted by Crippen LogP contribution is 1.76. The van der Waals surface area contributed by atoms with E-state index < -0.39 is 11.5 Å². The van der Waals surface area contributed by atoms with Crippen molar-refractivity contribution in [2.45, 2.75) is 0 Å². The Bertz CT molecular complexity index is 374. The first-order valence-corrected chi connectivity index (χ1v) is 3.18. The lowest BCUT2D eigenvalue weighted by atomic mass is 10.4. The molecule has 66 valence electrons. The molecule has 0 amide bonds. The number of H-pyrrole nitrogens is 1. The van der Waals surface area contributed by atoms with Crippen LogP contribution in [0.4, 0.5) is 0 Å². The predicted molar refractivity (Wildman–Crippen MR) is 38.8 cm³/mol. The van der Waals surface area contributed by atoms with Crippen LogP contribution in [0.1, 0.15) is 5.69 Å². The molecule has 0 spiro atoms. The standard InChI is InChI=1S/C5H9N5O2/c1-7-4(11)3-5(12)10(6)8-9(3)2/h1-2H3,(H3-,6,7,8,11,12). The van der Waals surface area contributed by atoms with E-state index in [1.54, 1.807) is 0 Å². The van der Waals surface area contributed by atoms with Crippen molar-refractivity contribution in [2.75, 3.05) is 12.9 Å². The second kappa shape index (κ2) is 2.68. The van der Waals surface area contributed by atoms with Crippen molar-refractivity contribution in [3.8, 4) is 0 Å². The molecule has 0 radical (unpaired) electrons. The molecular formula is C5H9N5O2. The largest absolute Gasteiger partial charge is 0.856 e. The van der Waals surface area contributed by atoms with E-state index in [9.17, 15) is 9.90 Å². The second-order valence-electron chi connectivity index (χ2n) is 2.21. The van der Waals surface area contributed by atoms with E-state index in [1.807, 2.05) is 0 Å². The molecule has 1 heterocycles. The number of aromatic nitrogens is 3. The Morgan fingerprint density at radius 1 is 1.83 bits per heavy atom. The first kappa shape index (κ1) is 8.31. The summed E-state index contributed by atoms with van der Waals surface area (Å²) in [6.45, 7) is 0. The topological polar surface area (TPSA) is 103 Å². The number of nitrogens with zero attached hydrogens (tertiary/aromatic N) is 3. The molecule has 12 heavy (non-hydrogen) atoms. The molecule has 1 rings (SSSR count). The van der Waals surface area contributed by atoms with Crippen LogP contribution in [0.3, 0.4) is 0 Å². The summed E-state index contributed by atoms with van der Waals surface area (Å²) in [4.78, 5) is 15.2. The quantitative estimate of drug-likeness (QED) is 0.198. The molecule has 0 bridgehead atoms. The number of nitrogens with two attached hydrogens (primary N) is 1. The number of hydrogen-bond donors (Lipinski definition) is 2. The lowest BCUT2D eigenvalue weighted by molar-refractivity contribution is -0.734. The van der Waals surface area contributed by atoms with E-state index in [2.05, 4.69) is 10.2 Å². The zero-order valence-corrected chi connectivity index (χ0v) is 6.74. The van der Waals surface area contributed by atoms with Crippen molar-refractivity contribution < 1.29 is 9.79 Å². The van der Waals surface area contributed by atoms with Gasteiger partial charge in [-0.2, -0.15) is 4.68 Å². The molecule has 0 aromatic carbocycles. The third kappa shape index (κ3) is 1.04. The van der Waals surface area contributed by atoms with E-state index >= 15 is 0 Å². The third-order valence-electron chi connectivity index (χ3n) is 1.42. The molecule has 7 nitrogen and oxygen atoms in total.